The Morgan fingerprint density at radius 1 is 0.743 bits per heavy atom. The lowest BCUT2D eigenvalue weighted by Crippen LogP contribution is -2.29. The van der Waals surface area contributed by atoms with Crippen LogP contribution in [-0.4, -0.2) is 41.0 Å². The Labute approximate surface area is 213 Å². The van der Waals surface area contributed by atoms with Crippen molar-refractivity contribution < 1.29 is 37.9 Å². The van der Waals surface area contributed by atoms with Gasteiger partial charge in [-0.05, 0) is 18.8 Å². The van der Waals surface area contributed by atoms with Gasteiger partial charge in [-0.25, -0.2) is 4.57 Å². The van der Waals surface area contributed by atoms with Crippen LogP contribution in [0.2, 0.25) is 0 Å². The summed E-state index contributed by atoms with van der Waals surface area (Å²) < 4.78 is 25.9. The maximum absolute atomic E-state index is 12.2. The van der Waals surface area contributed by atoms with Crippen LogP contribution in [0.15, 0.2) is 0 Å². The van der Waals surface area contributed by atoms with Crippen LogP contribution in [-0.2, 0) is 28.2 Å². The van der Waals surface area contributed by atoms with Crippen molar-refractivity contribution in [2.45, 2.75) is 136 Å². The van der Waals surface area contributed by atoms with Gasteiger partial charge in [0.1, 0.15) is 6.61 Å². The van der Waals surface area contributed by atoms with Crippen LogP contribution in [0.5, 0.6) is 0 Å². The molecule has 0 aromatic rings. The lowest BCUT2D eigenvalue weighted by molar-refractivity contribution is -0.161. The summed E-state index contributed by atoms with van der Waals surface area (Å²) in [6.45, 7) is 5.85. The molecule has 0 radical (unpaired) electrons. The molecule has 0 aliphatic rings. The van der Waals surface area contributed by atoms with E-state index in [1.807, 2.05) is 0 Å². The second kappa shape index (κ2) is 22.3. The van der Waals surface area contributed by atoms with Crippen molar-refractivity contribution in [2.24, 2.45) is 5.92 Å². The molecule has 0 aromatic heterocycles. The van der Waals surface area contributed by atoms with Crippen LogP contribution in [0.3, 0.4) is 0 Å². The van der Waals surface area contributed by atoms with Crippen molar-refractivity contribution in [1.29, 1.82) is 0 Å². The maximum atomic E-state index is 12.2. The van der Waals surface area contributed by atoms with E-state index in [0.717, 1.165) is 44.4 Å². The summed E-state index contributed by atoms with van der Waals surface area (Å²) in [6, 6.07) is 0. The van der Waals surface area contributed by atoms with Gasteiger partial charge in [0, 0.05) is 12.8 Å². The van der Waals surface area contributed by atoms with Crippen molar-refractivity contribution in [1.82, 2.24) is 0 Å². The first-order chi connectivity index (χ1) is 16.7. The van der Waals surface area contributed by atoms with Gasteiger partial charge in [-0.1, -0.05) is 104 Å². The zero-order valence-electron chi connectivity index (χ0n) is 22.4. The number of phosphoric acid groups is 1. The number of unbranched alkanes of at least 4 members (excludes halogenated alkanes) is 11. The molecule has 0 bridgehead atoms. The zero-order chi connectivity index (χ0) is 26.4. The Morgan fingerprint density at radius 2 is 1.26 bits per heavy atom. The van der Waals surface area contributed by atoms with Gasteiger partial charge in [0.05, 0.1) is 6.61 Å². The number of phosphoric ester groups is 1. The second-order valence-corrected chi connectivity index (χ2v) is 10.9. The van der Waals surface area contributed by atoms with E-state index in [4.69, 9.17) is 19.3 Å². The zero-order valence-corrected chi connectivity index (χ0v) is 23.3. The van der Waals surface area contributed by atoms with E-state index in [1.54, 1.807) is 0 Å². The Bertz CT molecular complexity index is 578. The smallest absolute Gasteiger partial charge is 0.462 e. The number of hydrogen-bond acceptors (Lipinski definition) is 6. The van der Waals surface area contributed by atoms with Gasteiger partial charge in [-0.3, -0.25) is 14.1 Å². The lowest BCUT2D eigenvalue weighted by atomic mass is 10.00. The molecule has 208 valence electrons. The molecule has 1 unspecified atom stereocenters. The van der Waals surface area contributed by atoms with E-state index in [-0.39, 0.29) is 19.4 Å². The molecule has 0 aliphatic carbocycles. The minimum Gasteiger partial charge on any atom is -0.462 e. The minimum absolute atomic E-state index is 0.214. The molecule has 9 heteroatoms. The number of esters is 2. The highest BCUT2D eigenvalue weighted by Gasteiger charge is 2.22. The Kier molecular flexibility index (Phi) is 21.7. The average molecular weight is 523 g/mol. The summed E-state index contributed by atoms with van der Waals surface area (Å²) >= 11 is 0. The molecule has 0 spiro atoms. The summed E-state index contributed by atoms with van der Waals surface area (Å²) in [6.07, 6.45) is 15.8. The quantitative estimate of drug-likeness (QED) is 0.0801. The van der Waals surface area contributed by atoms with E-state index < -0.39 is 32.5 Å². The molecular weight excluding hydrogens is 471 g/mol. The Morgan fingerprint density at radius 3 is 1.80 bits per heavy atom. The van der Waals surface area contributed by atoms with Gasteiger partial charge in [-0.2, -0.15) is 0 Å². The van der Waals surface area contributed by atoms with Crippen molar-refractivity contribution in [2.75, 3.05) is 13.2 Å². The van der Waals surface area contributed by atoms with Gasteiger partial charge in [0.25, 0.3) is 0 Å². The highest BCUT2D eigenvalue weighted by atomic mass is 31.2. The number of rotatable bonds is 24. The van der Waals surface area contributed by atoms with E-state index in [9.17, 15) is 14.2 Å². The summed E-state index contributed by atoms with van der Waals surface area (Å²) in [4.78, 5) is 42.0. The third-order valence-electron chi connectivity index (χ3n) is 6.17. The lowest BCUT2D eigenvalue weighted by Gasteiger charge is -2.18. The summed E-state index contributed by atoms with van der Waals surface area (Å²) in [5.74, 6) is -0.111. The predicted molar refractivity (Wildman–Crippen MR) is 138 cm³/mol. The monoisotopic (exact) mass is 522 g/mol. The van der Waals surface area contributed by atoms with Crippen molar-refractivity contribution in [3.05, 3.63) is 0 Å². The molecule has 2 N–H and O–H groups in total. The molecule has 0 saturated carbocycles. The van der Waals surface area contributed by atoms with Crippen LogP contribution in [0, 0.1) is 5.92 Å². The third kappa shape index (κ3) is 24.5. The largest absolute Gasteiger partial charge is 0.469 e. The van der Waals surface area contributed by atoms with Crippen molar-refractivity contribution in [3.63, 3.8) is 0 Å². The van der Waals surface area contributed by atoms with Crippen LogP contribution in [0.4, 0.5) is 0 Å². The maximum Gasteiger partial charge on any atom is 0.469 e. The predicted octanol–water partition coefficient (Wildman–Crippen LogP) is 6.86. The summed E-state index contributed by atoms with van der Waals surface area (Å²) in [5.41, 5.74) is 0. The highest BCUT2D eigenvalue weighted by molar-refractivity contribution is 7.46. The fourth-order valence-corrected chi connectivity index (χ4v) is 4.06. The van der Waals surface area contributed by atoms with Gasteiger partial charge in [0.2, 0.25) is 0 Å². The van der Waals surface area contributed by atoms with Crippen molar-refractivity contribution in [3.8, 4) is 0 Å². The molecule has 35 heavy (non-hydrogen) atoms. The molecule has 0 fully saturated rings. The molecule has 0 amide bonds. The van der Waals surface area contributed by atoms with E-state index in [2.05, 4.69) is 25.3 Å². The molecule has 2 atom stereocenters. The molecule has 0 heterocycles. The van der Waals surface area contributed by atoms with Crippen LogP contribution < -0.4 is 0 Å². The Hall–Kier alpha value is -0.950. The molecule has 8 nitrogen and oxygen atoms in total. The van der Waals surface area contributed by atoms with Gasteiger partial charge in [-0.15, -0.1) is 0 Å². The molecule has 0 aliphatic heterocycles. The average Bonchev–Trinajstić information content (AvgIpc) is 2.81. The van der Waals surface area contributed by atoms with E-state index >= 15 is 0 Å². The van der Waals surface area contributed by atoms with Gasteiger partial charge >= 0.3 is 19.8 Å². The number of carbonyl (C=O) groups is 2. The first-order valence-electron chi connectivity index (χ1n) is 13.7. The van der Waals surface area contributed by atoms with Crippen LogP contribution in [0.1, 0.15) is 130 Å². The van der Waals surface area contributed by atoms with Crippen molar-refractivity contribution >= 4 is 19.8 Å². The molecule has 0 saturated heterocycles. The Balaban J connectivity index is 4.14. The summed E-state index contributed by atoms with van der Waals surface area (Å²) in [5, 5.41) is 0. The number of carbonyl (C=O) groups excluding carboxylic acids is 2. The SMILES string of the molecule is CCCCCCCCCC(=O)OC[C@H](COP(=O)(O)O)OC(=O)CCCCCCCCC(C)CC. The minimum atomic E-state index is -4.72. The fraction of sp³-hybridized carbons (Fsp3) is 0.923. The standard InChI is InChI=1S/C26H51O8P/c1-4-6-7-8-9-13-16-19-25(27)32-21-24(22-33-35(29,30)31)34-26(28)20-17-14-11-10-12-15-18-23(3)5-2/h23-24H,4-22H2,1-3H3,(H2,29,30,31)/t23?,24-/m1/s1. The topological polar surface area (TPSA) is 119 Å². The number of ether oxygens (including phenoxy) is 2. The molecular formula is C26H51O8P. The molecule has 0 aromatic carbocycles. The normalized spacial score (nSPS) is 13.4. The van der Waals surface area contributed by atoms with E-state index in [0.29, 0.717) is 6.42 Å². The molecule has 0 rings (SSSR count). The highest BCUT2D eigenvalue weighted by Crippen LogP contribution is 2.35. The van der Waals surface area contributed by atoms with Gasteiger partial charge < -0.3 is 19.3 Å². The third-order valence-corrected chi connectivity index (χ3v) is 6.65. The first kappa shape index (κ1) is 34.0. The number of hydrogen-bond donors (Lipinski definition) is 2. The van der Waals surface area contributed by atoms with Gasteiger partial charge in [0.15, 0.2) is 6.10 Å². The second-order valence-electron chi connectivity index (χ2n) is 9.63. The van der Waals surface area contributed by atoms with Crippen LogP contribution >= 0.6 is 7.82 Å². The fourth-order valence-electron chi connectivity index (χ4n) is 3.70. The first-order valence-corrected chi connectivity index (χ1v) is 15.3. The van der Waals surface area contributed by atoms with Crippen LogP contribution in [0.25, 0.3) is 0 Å². The van der Waals surface area contributed by atoms with E-state index in [1.165, 1.54) is 51.4 Å². The summed E-state index contributed by atoms with van der Waals surface area (Å²) in [7, 11) is -4.72.